The summed E-state index contributed by atoms with van der Waals surface area (Å²) in [6.45, 7) is 4.78. The van der Waals surface area contributed by atoms with Gasteiger partial charge in [-0.05, 0) is 31.6 Å². The number of sulfonamides is 1. The maximum atomic E-state index is 12.3. The Bertz CT molecular complexity index is 512. The first-order chi connectivity index (χ1) is 10.5. The van der Waals surface area contributed by atoms with E-state index < -0.39 is 16.1 Å². The van der Waals surface area contributed by atoms with Crippen molar-refractivity contribution in [2.24, 2.45) is 5.92 Å². The van der Waals surface area contributed by atoms with Gasteiger partial charge in [0.15, 0.2) is 0 Å². The molecular weight excluding hydrogens is 306 g/mol. The lowest BCUT2D eigenvalue weighted by molar-refractivity contribution is 0.0914. The van der Waals surface area contributed by atoms with Crippen molar-refractivity contribution >= 4 is 16.1 Å². The molecule has 2 saturated heterocycles. The molecule has 1 amide bonds. The Morgan fingerprint density at radius 1 is 1.05 bits per heavy atom. The van der Waals surface area contributed by atoms with E-state index in [0.29, 0.717) is 32.1 Å². The second kappa shape index (κ2) is 6.33. The number of piperidine rings is 1. The van der Waals surface area contributed by atoms with Crippen LogP contribution in [0.3, 0.4) is 0 Å². The molecule has 2 aliphatic heterocycles. The third-order valence-electron chi connectivity index (χ3n) is 4.95. The first-order valence-corrected chi connectivity index (χ1v) is 9.66. The van der Waals surface area contributed by atoms with Gasteiger partial charge in [0.1, 0.15) is 0 Å². The quantitative estimate of drug-likeness (QED) is 0.811. The van der Waals surface area contributed by atoms with Crippen molar-refractivity contribution in [1.29, 1.82) is 0 Å². The van der Waals surface area contributed by atoms with Crippen LogP contribution in [0.2, 0.25) is 0 Å². The third kappa shape index (κ3) is 3.55. The van der Waals surface area contributed by atoms with Gasteiger partial charge in [-0.15, -0.1) is 0 Å². The number of hydrogen-bond acceptors (Lipinski definition) is 4. The van der Waals surface area contributed by atoms with Crippen LogP contribution >= 0.6 is 0 Å². The molecule has 1 N–H and O–H groups in total. The zero-order chi connectivity index (χ0) is 15.7. The van der Waals surface area contributed by atoms with E-state index in [0.717, 1.165) is 45.3 Å². The summed E-state index contributed by atoms with van der Waals surface area (Å²) < 4.78 is 26.4. The molecule has 0 aromatic rings. The van der Waals surface area contributed by atoms with E-state index >= 15 is 0 Å². The average Bonchev–Trinajstić information content (AvgIpc) is 3.33. The number of carboxylic acid groups (broad SMARTS) is 1. The molecule has 1 saturated carbocycles. The predicted molar refractivity (Wildman–Crippen MR) is 82.3 cm³/mol. The predicted octanol–water partition coefficient (Wildman–Crippen LogP) is 0.486. The molecule has 3 fully saturated rings. The second-order valence-corrected chi connectivity index (χ2v) is 8.89. The number of piperazine rings is 1. The number of amides is 1. The van der Waals surface area contributed by atoms with Gasteiger partial charge in [-0.25, -0.2) is 17.5 Å². The molecule has 0 spiro atoms. The van der Waals surface area contributed by atoms with Gasteiger partial charge in [-0.3, -0.25) is 4.90 Å². The normalized spacial score (nSPS) is 28.7. The zero-order valence-corrected chi connectivity index (χ0v) is 13.7. The van der Waals surface area contributed by atoms with Gasteiger partial charge in [-0.2, -0.15) is 0 Å². The number of hydrogen-bond donors (Lipinski definition) is 1. The van der Waals surface area contributed by atoms with Gasteiger partial charge in [-0.1, -0.05) is 0 Å². The van der Waals surface area contributed by atoms with E-state index in [2.05, 4.69) is 4.90 Å². The topological polar surface area (TPSA) is 81.2 Å². The molecule has 1 aliphatic carbocycles. The van der Waals surface area contributed by atoms with Crippen molar-refractivity contribution in [2.45, 2.75) is 30.9 Å². The lowest BCUT2D eigenvalue weighted by Crippen LogP contribution is -2.51. The smallest absolute Gasteiger partial charge is 0.407 e. The van der Waals surface area contributed by atoms with Crippen LogP contribution in [-0.2, 0) is 10.0 Å². The van der Waals surface area contributed by atoms with Crippen LogP contribution in [0.1, 0.15) is 25.7 Å². The van der Waals surface area contributed by atoms with E-state index in [1.165, 1.54) is 4.90 Å². The summed E-state index contributed by atoms with van der Waals surface area (Å²) >= 11 is 0. The van der Waals surface area contributed by atoms with Crippen molar-refractivity contribution in [3.05, 3.63) is 0 Å². The van der Waals surface area contributed by atoms with E-state index in [4.69, 9.17) is 5.11 Å². The lowest BCUT2D eigenvalue weighted by Gasteiger charge is -2.38. The van der Waals surface area contributed by atoms with Gasteiger partial charge >= 0.3 is 6.09 Å². The minimum absolute atomic E-state index is 0.120. The highest BCUT2D eigenvalue weighted by Crippen LogP contribution is 2.33. The van der Waals surface area contributed by atoms with Crippen molar-refractivity contribution < 1.29 is 18.3 Å². The number of rotatable bonds is 4. The van der Waals surface area contributed by atoms with Crippen LogP contribution < -0.4 is 0 Å². The summed E-state index contributed by atoms with van der Waals surface area (Å²) in [4.78, 5) is 14.6. The average molecular weight is 331 g/mol. The Morgan fingerprint density at radius 2 is 1.73 bits per heavy atom. The highest BCUT2D eigenvalue weighted by atomic mass is 32.2. The van der Waals surface area contributed by atoms with Gasteiger partial charge in [0.05, 0.1) is 5.25 Å². The molecule has 2 heterocycles. The van der Waals surface area contributed by atoms with Gasteiger partial charge in [0.2, 0.25) is 10.0 Å². The van der Waals surface area contributed by atoms with Crippen molar-refractivity contribution in [1.82, 2.24) is 14.1 Å². The molecule has 22 heavy (non-hydrogen) atoms. The summed E-state index contributed by atoms with van der Waals surface area (Å²) in [6.07, 6.45) is 2.79. The molecule has 0 bridgehead atoms. The summed E-state index contributed by atoms with van der Waals surface area (Å²) in [7, 11) is -3.05. The van der Waals surface area contributed by atoms with E-state index in [-0.39, 0.29) is 5.25 Å². The minimum atomic E-state index is -3.05. The van der Waals surface area contributed by atoms with Crippen molar-refractivity contribution in [2.75, 3.05) is 45.8 Å². The Labute approximate surface area is 131 Å². The van der Waals surface area contributed by atoms with Crippen LogP contribution in [-0.4, -0.2) is 84.8 Å². The first kappa shape index (κ1) is 16.0. The van der Waals surface area contributed by atoms with Crippen LogP contribution in [0.5, 0.6) is 0 Å². The fourth-order valence-electron chi connectivity index (χ4n) is 3.47. The maximum absolute atomic E-state index is 12.3. The Hall–Kier alpha value is -0.860. The number of nitrogens with zero attached hydrogens (tertiary/aromatic N) is 3. The Kier molecular flexibility index (Phi) is 4.61. The molecule has 0 aromatic heterocycles. The fraction of sp³-hybridized carbons (Fsp3) is 0.929. The molecule has 1 atom stereocenters. The third-order valence-corrected chi connectivity index (χ3v) is 7.31. The molecule has 0 aromatic carbocycles. The molecule has 0 unspecified atom stereocenters. The molecular formula is C14H25N3O4S. The summed E-state index contributed by atoms with van der Waals surface area (Å²) in [5.74, 6) is 0.374. The lowest BCUT2D eigenvalue weighted by atomic mass is 9.99. The molecule has 126 valence electrons. The van der Waals surface area contributed by atoms with Gasteiger partial charge in [0, 0.05) is 45.8 Å². The molecule has 0 radical (unpaired) electrons. The maximum Gasteiger partial charge on any atom is 0.407 e. The highest BCUT2D eigenvalue weighted by Gasteiger charge is 2.41. The summed E-state index contributed by atoms with van der Waals surface area (Å²) in [5.41, 5.74) is 0. The zero-order valence-electron chi connectivity index (χ0n) is 12.9. The SMILES string of the molecule is O=C(O)N1CCN(C[C@@H]2CCCN(S(=O)(=O)C3CC3)C2)CC1. The van der Waals surface area contributed by atoms with Gasteiger partial charge in [0.25, 0.3) is 0 Å². The van der Waals surface area contributed by atoms with E-state index in [1.807, 2.05) is 0 Å². The first-order valence-electron chi connectivity index (χ1n) is 8.16. The summed E-state index contributed by atoms with van der Waals surface area (Å²) in [5, 5.41) is 8.84. The van der Waals surface area contributed by atoms with E-state index in [9.17, 15) is 13.2 Å². The molecule has 7 nitrogen and oxygen atoms in total. The van der Waals surface area contributed by atoms with Crippen LogP contribution in [0.4, 0.5) is 4.79 Å². The van der Waals surface area contributed by atoms with Crippen LogP contribution in [0, 0.1) is 5.92 Å². The molecule has 3 aliphatic rings. The fourth-order valence-corrected chi connectivity index (χ4v) is 5.43. The highest BCUT2D eigenvalue weighted by molar-refractivity contribution is 7.90. The Balaban J connectivity index is 1.50. The molecule has 8 heteroatoms. The Morgan fingerprint density at radius 3 is 2.32 bits per heavy atom. The minimum Gasteiger partial charge on any atom is -0.465 e. The second-order valence-electron chi connectivity index (χ2n) is 6.68. The van der Waals surface area contributed by atoms with Crippen molar-refractivity contribution in [3.63, 3.8) is 0 Å². The van der Waals surface area contributed by atoms with E-state index in [1.54, 1.807) is 4.31 Å². The van der Waals surface area contributed by atoms with Crippen LogP contribution in [0.15, 0.2) is 0 Å². The number of carbonyl (C=O) groups is 1. The van der Waals surface area contributed by atoms with Gasteiger partial charge < -0.3 is 10.0 Å². The molecule has 3 rings (SSSR count). The summed E-state index contributed by atoms with van der Waals surface area (Å²) in [6, 6.07) is 0. The van der Waals surface area contributed by atoms with Crippen LogP contribution in [0.25, 0.3) is 0 Å². The standard InChI is InChI=1S/C14H25N3O4S/c18-14(19)16-8-6-15(7-9-16)10-12-2-1-5-17(11-12)22(20,21)13-3-4-13/h12-13H,1-11H2,(H,18,19)/t12-/m0/s1. The largest absolute Gasteiger partial charge is 0.465 e. The monoisotopic (exact) mass is 331 g/mol. The van der Waals surface area contributed by atoms with Crippen molar-refractivity contribution in [3.8, 4) is 0 Å².